The third-order valence-corrected chi connectivity index (χ3v) is 2.77. The lowest BCUT2D eigenvalue weighted by Crippen LogP contribution is -2.09. The zero-order valence-electron chi connectivity index (χ0n) is 8.98. The molecule has 84 valence electrons. The molecule has 2 rings (SSSR count). The van der Waals surface area contributed by atoms with E-state index in [1.807, 2.05) is 6.92 Å². The van der Waals surface area contributed by atoms with E-state index in [0.717, 1.165) is 25.9 Å². The molecule has 15 heavy (non-hydrogen) atoms. The fourth-order valence-electron chi connectivity index (χ4n) is 1.83. The summed E-state index contributed by atoms with van der Waals surface area (Å²) in [5.41, 5.74) is 5.42. The lowest BCUT2D eigenvalue weighted by molar-refractivity contribution is 0.114. The van der Waals surface area contributed by atoms with Crippen LogP contribution in [-0.2, 0) is 11.2 Å². The second kappa shape index (κ2) is 4.72. The molecule has 1 aliphatic rings. The Labute approximate surface area is 89.0 Å². The number of ether oxygens (including phenoxy) is 1. The minimum atomic E-state index is 0.188. The molecule has 0 aliphatic carbocycles. The molecule has 0 bridgehead atoms. The molecule has 1 saturated heterocycles. The molecule has 0 radical (unpaired) electrons. The first-order chi connectivity index (χ1) is 7.31. The van der Waals surface area contributed by atoms with Crippen LogP contribution in [0.25, 0.3) is 0 Å². The molecule has 0 aromatic carbocycles. The Hall–Kier alpha value is -0.940. The fourth-order valence-corrected chi connectivity index (χ4v) is 1.83. The molecular weight excluding hydrogens is 194 g/mol. The van der Waals surface area contributed by atoms with Gasteiger partial charge in [-0.15, -0.1) is 10.2 Å². The van der Waals surface area contributed by atoms with Gasteiger partial charge in [-0.25, -0.2) is 0 Å². The molecule has 0 amide bonds. The Bertz CT molecular complexity index is 313. The van der Waals surface area contributed by atoms with Crippen LogP contribution in [0.1, 0.15) is 37.5 Å². The Morgan fingerprint density at radius 3 is 3.00 bits per heavy atom. The lowest BCUT2D eigenvalue weighted by atomic mass is 10.0. The van der Waals surface area contributed by atoms with Crippen molar-refractivity contribution < 1.29 is 9.15 Å². The summed E-state index contributed by atoms with van der Waals surface area (Å²) in [6.45, 7) is 3.48. The Balaban J connectivity index is 1.99. The quantitative estimate of drug-likeness (QED) is 0.799. The Morgan fingerprint density at radius 2 is 2.33 bits per heavy atom. The molecule has 5 heteroatoms. The first kappa shape index (κ1) is 10.6. The molecule has 5 nitrogen and oxygen atoms in total. The topological polar surface area (TPSA) is 74.2 Å². The van der Waals surface area contributed by atoms with Crippen molar-refractivity contribution in [2.75, 3.05) is 13.2 Å². The van der Waals surface area contributed by atoms with Crippen LogP contribution in [-0.4, -0.2) is 29.5 Å². The highest BCUT2D eigenvalue weighted by Crippen LogP contribution is 2.29. The van der Waals surface area contributed by atoms with Crippen LogP contribution in [0.2, 0.25) is 0 Å². The fraction of sp³-hybridized carbons (Fsp3) is 0.800. The van der Waals surface area contributed by atoms with E-state index in [2.05, 4.69) is 10.2 Å². The van der Waals surface area contributed by atoms with Crippen LogP contribution >= 0.6 is 0 Å². The number of aryl methyl sites for hydroxylation is 1. The van der Waals surface area contributed by atoms with Gasteiger partial charge in [-0.1, -0.05) is 0 Å². The van der Waals surface area contributed by atoms with Gasteiger partial charge in [0.25, 0.3) is 0 Å². The number of rotatable bonds is 4. The normalized spacial score (nSPS) is 26.0. The molecule has 1 aromatic heterocycles. The van der Waals surface area contributed by atoms with Crippen molar-refractivity contribution in [2.24, 2.45) is 5.73 Å². The molecular formula is C10H17N3O2. The van der Waals surface area contributed by atoms with Crippen LogP contribution in [0.3, 0.4) is 0 Å². The van der Waals surface area contributed by atoms with E-state index in [9.17, 15) is 0 Å². The summed E-state index contributed by atoms with van der Waals surface area (Å²) >= 11 is 0. The van der Waals surface area contributed by atoms with Crippen LogP contribution in [0, 0.1) is 0 Å². The maximum Gasteiger partial charge on any atom is 0.222 e. The van der Waals surface area contributed by atoms with Crippen LogP contribution in [0.4, 0.5) is 0 Å². The van der Waals surface area contributed by atoms with Gasteiger partial charge in [-0.05, 0) is 26.3 Å². The van der Waals surface area contributed by atoms with Crippen molar-refractivity contribution in [3.63, 3.8) is 0 Å². The van der Waals surface area contributed by atoms with Gasteiger partial charge in [0.1, 0.15) is 0 Å². The van der Waals surface area contributed by atoms with Gasteiger partial charge in [0, 0.05) is 13.0 Å². The average Bonchev–Trinajstić information content (AvgIpc) is 2.83. The predicted molar refractivity (Wildman–Crippen MR) is 54.4 cm³/mol. The van der Waals surface area contributed by atoms with Gasteiger partial charge in [0.2, 0.25) is 11.8 Å². The highest BCUT2D eigenvalue weighted by Gasteiger charge is 2.30. The van der Waals surface area contributed by atoms with E-state index in [1.165, 1.54) is 0 Å². The van der Waals surface area contributed by atoms with Gasteiger partial charge in [0.15, 0.2) is 0 Å². The number of nitrogens with two attached hydrogens (primary N) is 1. The first-order valence-electron chi connectivity index (χ1n) is 5.45. The van der Waals surface area contributed by atoms with E-state index in [1.54, 1.807) is 0 Å². The summed E-state index contributed by atoms with van der Waals surface area (Å²) in [5, 5.41) is 8.07. The molecule has 1 aromatic rings. The third-order valence-electron chi connectivity index (χ3n) is 2.77. The van der Waals surface area contributed by atoms with Crippen molar-refractivity contribution in [1.29, 1.82) is 0 Å². The molecule has 2 heterocycles. The lowest BCUT2D eigenvalue weighted by Gasteiger charge is -2.07. The monoisotopic (exact) mass is 211 g/mol. The second-order valence-electron chi connectivity index (χ2n) is 3.90. The summed E-state index contributed by atoms with van der Waals surface area (Å²) < 4.78 is 11.0. The number of hydrogen-bond acceptors (Lipinski definition) is 5. The Kier molecular flexibility index (Phi) is 3.33. The summed E-state index contributed by atoms with van der Waals surface area (Å²) in [4.78, 5) is 0. The highest BCUT2D eigenvalue weighted by atomic mass is 16.5. The minimum absolute atomic E-state index is 0.188. The highest BCUT2D eigenvalue weighted by molar-refractivity contribution is 4.97. The standard InChI is InChI=1S/C10H17N3O2/c1-7-8(4-6-14-7)10-13-12-9(15-10)3-2-5-11/h7-8H,2-6,11H2,1H3. The number of nitrogens with zero attached hydrogens (tertiary/aromatic N) is 2. The summed E-state index contributed by atoms with van der Waals surface area (Å²) in [5.74, 6) is 1.67. The van der Waals surface area contributed by atoms with E-state index in [0.29, 0.717) is 18.3 Å². The molecule has 1 fully saturated rings. The SMILES string of the molecule is CC1OCCC1c1nnc(CCCN)o1. The number of aromatic nitrogens is 2. The summed E-state index contributed by atoms with van der Waals surface area (Å²) in [6, 6.07) is 0. The van der Waals surface area contributed by atoms with Crippen LogP contribution < -0.4 is 5.73 Å². The van der Waals surface area contributed by atoms with Crippen molar-refractivity contribution >= 4 is 0 Å². The van der Waals surface area contributed by atoms with Gasteiger partial charge < -0.3 is 14.9 Å². The van der Waals surface area contributed by atoms with Crippen molar-refractivity contribution in [3.05, 3.63) is 11.8 Å². The summed E-state index contributed by atoms with van der Waals surface area (Å²) in [6.07, 6.45) is 2.82. The Morgan fingerprint density at radius 1 is 1.47 bits per heavy atom. The first-order valence-corrected chi connectivity index (χ1v) is 5.45. The predicted octanol–water partition coefficient (Wildman–Crippen LogP) is 0.853. The molecule has 0 spiro atoms. The molecule has 0 saturated carbocycles. The third kappa shape index (κ3) is 2.35. The minimum Gasteiger partial charge on any atom is -0.425 e. The van der Waals surface area contributed by atoms with Crippen LogP contribution in [0.5, 0.6) is 0 Å². The average molecular weight is 211 g/mol. The second-order valence-corrected chi connectivity index (χ2v) is 3.90. The number of hydrogen-bond donors (Lipinski definition) is 1. The maximum atomic E-state index is 5.58. The van der Waals surface area contributed by atoms with E-state index >= 15 is 0 Å². The zero-order valence-corrected chi connectivity index (χ0v) is 8.98. The summed E-state index contributed by atoms with van der Waals surface area (Å²) in [7, 11) is 0. The van der Waals surface area contributed by atoms with E-state index in [4.69, 9.17) is 14.9 Å². The maximum absolute atomic E-state index is 5.58. The van der Waals surface area contributed by atoms with E-state index in [-0.39, 0.29) is 12.0 Å². The van der Waals surface area contributed by atoms with Gasteiger partial charge >= 0.3 is 0 Å². The van der Waals surface area contributed by atoms with Crippen LogP contribution in [0.15, 0.2) is 4.42 Å². The molecule has 2 N–H and O–H groups in total. The van der Waals surface area contributed by atoms with Gasteiger partial charge in [-0.2, -0.15) is 0 Å². The van der Waals surface area contributed by atoms with E-state index < -0.39 is 0 Å². The van der Waals surface area contributed by atoms with Crippen molar-refractivity contribution in [2.45, 2.75) is 38.2 Å². The van der Waals surface area contributed by atoms with Crippen molar-refractivity contribution in [1.82, 2.24) is 10.2 Å². The smallest absolute Gasteiger partial charge is 0.222 e. The van der Waals surface area contributed by atoms with Gasteiger partial charge in [0.05, 0.1) is 12.0 Å². The van der Waals surface area contributed by atoms with Gasteiger partial charge in [-0.3, -0.25) is 0 Å². The zero-order chi connectivity index (χ0) is 10.7. The molecule has 2 atom stereocenters. The molecule has 1 aliphatic heterocycles. The molecule has 2 unspecified atom stereocenters. The largest absolute Gasteiger partial charge is 0.425 e. The van der Waals surface area contributed by atoms with Crippen molar-refractivity contribution in [3.8, 4) is 0 Å².